The number of rotatable bonds is 4. The number of hydrogen-bond acceptors (Lipinski definition) is 2. The van der Waals surface area contributed by atoms with E-state index in [-0.39, 0.29) is 0 Å². The highest BCUT2D eigenvalue weighted by atomic mass is 127. The van der Waals surface area contributed by atoms with Crippen LogP contribution in [-0.2, 0) is 6.54 Å². The maximum Gasteiger partial charge on any atom is 0.0429 e. The van der Waals surface area contributed by atoms with E-state index in [1.165, 1.54) is 14.8 Å². The summed E-state index contributed by atoms with van der Waals surface area (Å²) in [6.07, 6.45) is 0. The molecule has 18 heavy (non-hydrogen) atoms. The summed E-state index contributed by atoms with van der Waals surface area (Å²) < 4.78 is 1.27. The molecule has 0 saturated heterocycles. The average Bonchev–Trinajstić information content (AvgIpc) is 2.38. The summed E-state index contributed by atoms with van der Waals surface area (Å²) in [5, 5.41) is 0. The fraction of sp³-hybridized carbons (Fsp3) is 0.200. The lowest BCUT2D eigenvalue weighted by Gasteiger charge is -2.23. The molecule has 0 aliphatic carbocycles. The van der Waals surface area contributed by atoms with Crippen LogP contribution in [0.3, 0.4) is 0 Å². The van der Waals surface area contributed by atoms with Gasteiger partial charge in [0.1, 0.15) is 0 Å². The third-order valence-electron chi connectivity index (χ3n) is 2.90. The van der Waals surface area contributed by atoms with Crippen LogP contribution in [0, 0.1) is 3.57 Å². The Bertz CT molecular complexity index is 508. The largest absolute Gasteiger partial charge is 0.399 e. The SMILES string of the molecule is CCN(Cc1ccc(I)cc1)c1cccc(N)c1. The van der Waals surface area contributed by atoms with Crippen molar-refractivity contribution in [1.29, 1.82) is 0 Å². The fourth-order valence-corrected chi connectivity index (χ4v) is 2.28. The van der Waals surface area contributed by atoms with Crippen LogP contribution in [0.4, 0.5) is 11.4 Å². The molecule has 0 unspecified atom stereocenters. The Morgan fingerprint density at radius 2 is 1.83 bits per heavy atom. The van der Waals surface area contributed by atoms with E-state index in [0.717, 1.165) is 18.8 Å². The summed E-state index contributed by atoms with van der Waals surface area (Å²) in [6.45, 7) is 4.04. The molecule has 0 bridgehead atoms. The molecule has 2 nitrogen and oxygen atoms in total. The second-order valence-electron chi connectivity index (χ2n) is 4.24. The molecule has 2 aromatic rings. The quantitative estimate of drug-likeness (QED) is 0.668. The Hall–Kier alpha value is -1.23. The molecule has 0 radical (unpaired) electrons. The molecule has 2 N–H and O–H groups in total. The lowest BCUT2D eigenvalue weighted by molar-refractivity contribution is 0.832. The molecule has 0 fully saturated rings. The Balaban J connectivity index is 2.17. The smallest absolute Gasteiger partial charge is 0.0429 e. The minimum Gasteiger partial charge on any atom is -0.399 e. The van der Waals surface area contributed by atoms with Crippen LogP contribution in [-0.4, -0.2) is 6.54 Å². The van der Waals surface area contributed by atoms with E-state index in [9.17, 15) is 0 Å². The van der Waals surface area contributed by atoms with Gasteiger partial charge < -0.3 is 10.6 Å². The summed E-state index contributed by atoms with van der Waals surface area (Å²) in [7, 11) is 0. The number of anilines is 2. The van der Waals surface area contributed by atoms with Crippen molar-refractivity contribution in [3.05, 3.63) is 57.7 Å². The molecule has 2 rings (SSSR count). The third-order valence-corrected chi connectivity index (χ3v) is 3.62. The molecule has 94 valence electrons. The predicted octanol–water partition coefficient (Wildman–Crippen LogP) is 3.90. The first kappa shape index (κ1) is 13.2. The van der Waals surface area contributed by atoms with Gasteiger partial charge >= 0.3 is 0 Å². The first-order valence-electron chi connectivity index (χ1n) is 6.04. The van der Waals surface area contributed by atoms with Crippen LogP contribution in [0.5, 0.6) is 0 Å². The topological polar surface area (TPSA) is 29.3 Å². The summed E-state index contributed by atoms with van der Waals surface area (Å²) in [4.78, 5) is 2.32. The molecular weight excluding hydrogens is 335 g/mol. The highest BCUT2D eigenvalue weighted by Crippen LogP contribution is 2.20. The highest BCUT2D eigenvalue weighted by Gasteiger charge is 2.05. The van der Waals surface area contributed by atoms with Crippen LogP contribution >= 0.6 is 22.6 Å². The van der Waals surface area contributed by atoms with Gasteiger partial charge in [-0.25, -0.2) is 0 Å². The molecule has 0 amide bonds. The van der Waals surface area contributed by atoms with Crippen molar-refractivity contribution in [3.63, 3.8) is 0 Å². The van der Waals surface area contributed by atoms with Crippen molar-refractivity contribution in [3.8, 4) is 0 Å². The summed E-state index contributed by atoms with van der Waals surface area (Å²) in [5.41, 5.74) is 9.15. The zero-order chi connectivity index (χ0) is 13.0. The molecule has 0 atom stereocenters. The third kappa shape index (κ3) is 3.38. The maximum atomic E-state index is 5.84. The molecular formula is C15H17IN2. The minimum absolute atomic E-state index is 0.813. The zero-order valence-corrected chi connectivity index (χ0v) is 12.6. The van der Waals surface area contributed by atoms with E-state index in [4.69, 9.17) is 5.73 Å². The van der Waals surface area contributed by atoms with Crippen LogP contribution in [0.1, 0.15) is 12.5 Å². The van der Waals surface area contributed by atoms with Crippen molar-refractivity contribution < 1.29 is 0 Å². The summed E-state index contributed by atoms with van der Waals surface area (Å²) in [5.74, 6) is 0. The van der Waals surface area contributed by atoms with Crippen molar-refractivity contribution in [1.82, 2.24) is 0 Å². The van der Waals surface area contributed by atoms with E-state index in [1.807, 2.05) is 18.2 Å². The van der Waals surface area contributed by atoms with Crippen LogP contribution in [0.2, 0.25) is 0 Å². The van der Waals surface area contributed by atoms with Gasteiger partial charge in [-0.3, -0.25) is 0 Å². The van der Waals surface area contributed by atoms with Gasteiger partial charge in [-0.15, -0.1) is 0 Å². The lowest BCUT2D eigenvalue weighted by Crippen LogP contribution is -2.21. The molecule has 3 heteroatoms. The Morgan fingerprint density at radius 3 is 2.44 bits per heavy atom. The monoisotopic (exact) mass is 352 g/mol. The van der Waals surface area contributed by atoms with Crippen molar-refractivity contribution >= 4 is 34.0 Å². The number of hydrogen-bond donors (Lipinski definition) is 1. The van der Waals surface area contributed by atoms with E-state index >= 15 is 0 Å². The zero-order valence-electron chi connectivity index (χ0n) is 10.4. The molecule has 0 spiro atoms. The number of benzene rings is 2. The Kier molecular flexibility index (Phi) is 4.47. The molecule has 0 aliphatic rings. The van der Waals surface area contributed by atoms with Gasteiger partial charge in [0.25, 0.3) is 0 Å². The number of nitrogens with zero attached hydrogens (tertiary/aromatic N) is 1. The molecule has 0 aliphatic heterocycles. The van der Waals surface area contributed by atoms with Gasteiger partial charge in [0, 0.05) is 28.0 Å². The minimum atomic E-state index is 0.813. The number of nitrogens with two attached hydrogens (primary N) is 1. The predicted molar refractivity (Wildman–Crippen MR) is 86.7 cm³/mol. The van der Waals surface area contributed by atoms with Gasteiger partial charge in [0.05, 0.1) is 0 Å². The van der Waals surface area contributed by atoms with Crippen molar-refractivity contribution in [2.45, 2.75) is 13.5 Å². The molecule has 0 aromatic heterocycles. The van der Waals surface area contributed by atoms with Gasteiger partial charge in [-0.1, -0.05) is 18.2 Å². The summed E-state index contributed by atoms with van der Waals surface area (Å²) >= 11 is 2.33. The summed E-state index contributed by atoms with van der Waals surface area (Å²) in [6, 6.07) is 16.7. The van der Waals surface area contributed by atoms with Crippen LogP contribution < -0.4 is 10.6 Å². The standard InChI is InChI=1S/C15H17IN2/c1-2-18(15-5-3-4-14(17)10-15)11-12-6-8-13(16)9-7-12/h3-10H,2,11,17H2,1H3. The maximum absolute atomic E-state index is 5.84. The van der Waals surface area contributed by atoms with Gasteiger partial charge in [0.15, 0.2) is 0 Å². The Morgan fingerprint density at radius 1 is 1.11 bits per heavy atom. The van der Waals surface area contributed by atoms with E-state index in [0.29, 0.717) is 0 Å². The first-order valence-corrected chi connectivity index (χ1v) is 7.12. The molecule has 0 heterocycles. The second kappa shape index (κ2) is 6.09. The lowest BCUT2D eigenvalue weighted by atomic mass is 10.2. The van der Waals surface area contributed by atoms with Crippen LogP contribution in [0.15, 0.2) is 48.5 Å². The number of halogens is 1. The highest BCUT2D eigenvalue weighted by molar-refractivity contribution is 14.1. The van der Waals surface area contributed by atoms with Gasteiger partial charge in [-0.2, -0.15) is 0 Å². The Labute approximate surface area is 122 Å². The van der Waals surface area contributed by atoms with E-state index in [1.54, 1.807) is 0 Å². The van der Waals surface area contributed by atoms with Crippen LogP contribution in [0.25, 0.3) is 0 Å². The van der Waals surface area contributed by atoms with E-state index < -0.39 is 0 Å². The van der Waals surface area contributed by atoms with Gasteiger partial charge in [0.2, 0.25) is 0 Å². The fourth-order valence-electron chi connectivity index (χ4n) is 1.92. The van der Waals surface area contributed by atoms with Crippen molar-refractivity contribution in [2.75, 3.05) is 17.2 Å². The second-order valence-corrected chi connectivity index (χ2v) is 5.48. The van der Waals surface area contributed by atoms with Crippen molar-refractivity contribution in [2.24, 2.45) is 0 Å². The molecule has 0 saturated carbocycles. The first-order chi connectivity index (χ1) is 8.69. The molecule has 2 aromatic carbocycles. The average molecular weight is 352 g/mol. The normalized spacial score (nSPS) is 10.3. The van der Waals surface area contributed by atoms with E-state index in [2.05, 4.69) is 64.7 Å². The van der Waals surface area contributed by atoms with Gasteiger partial charge in [-0.05, 0) is 65.4 Å². The number of nitrogen functional groups attached to an aromatic ring is 1.